The van der Waals surface area contributed by atoms with Crippen LogP contribution in [0.5, 0.6) is 0 Å². The van der Waals surface area contributed by atoms with E-state index in [1.54, 1.807) is 28.4 Å². The number of hydrogen-bond donors (Lipinski definition) is 0. The Balaban J connectivity index is 4.12. The zero-order valence-electron chi connectivity index (χ0n) is 9.96. The fourth-order valence-corrected chi connectivity index (χ4v) is 3.38. The van der Waals surface area contributed by atoms with E-state index in [2.05, 4.69) is 0 Å². The molecule has 0 atom stereocenters. The Hall–Kier alpha value is 0.594. The second-order valence-corrected chi connectivity index (χ2v) is 11.6. The van der Waals surface area contributed by atoms with Gasteiger partial charge in [0.1, 0.15) is 0 Å². The van der Waals surface area contributed by atoms with E-state index < -0.39 is 15.7 Å². The summed E-state index contributed by atoms with van der Waals surface area (Å²) in [6.45, 7) is 0. The zero-order valence-corrected chi connectivity index (χ0v) is 13.5. The molecule has 16 heavy (non-hydrogen) atoms. The first-order chi connectivity index (χ1) is 7.45. The van der Waals surface area contributed by atoms with Gasteiger partial charge in [0.15, 0.2) is 0 Å². The van der Waals surface area contributed by atoms with E-state index in [0.717, 1.165) is 0 Å². The van der Waals surface area contributed by atoms with Gasteiger partial charge in [-0.1, -0.05) is 34.3 Å². The minimum Gasteiger partial charge on any atom is -0.386 e. The molecule has 0 heterocycles. The van der Waals surface area contributed by atoms with E-state index in [1.165, 1.54) is 0 Å². The van der Waals surface area contributed by atoms with Crippen molar-refractivity contribution in [1.82, 2.24) is 0 Å². The van der Waals surface area contributed by atoms with Crippen LogP contribution in [0.15, 0.2) is 12.2 Å². The molecule has 0 amide bonds. The highest BCUT2D eigenvalue weighted by Gasteiger charge is 2.33. The Morgan fingerprint density at radius 3 is 1.19 bits per heavy atom. The summed E-state index contributed by atoms with van der Waals surface area (Å²) in [5, 5.41) is 0. The fraction of sp³-hybridized carbons (Fsp3) is 0.750. The number of hydrogen-bond acceptors (Lipinski definition) is 4. The van der Waals surface area contributed by atoms with Crippen LogP contribution < -0.4 is 0 Å². The van der Waals surface area contributed by atoms with Crippen LogP contribution in [0.1, 0.15) is 0 Å². The van der Waals surface area contributed by atoms with Crippen molar-refractivity contribution in [3.8, 4) is 0 Å². The topological polar surface area (TPSA) is 36.9 Å². The Kier molecular flexibility index (Phi) is 8.12. The lowest BCUT2D eigenvalue weighted by Gasteiger charge is -2.19. The standard InChI is InChI=1S/C8H18Cl2O4Si2/c1-11-15(9,12-2)7-5-6-8-16(10,13-3)14-4/h5-6H,7-8H2,1-4H3. The summed E-state index contributed by atoms with van der Waals surface area (Å²) in [6.07, 6.45) is 3.77. The fourth-order valence-electron chi connectivity index (χ4n) is 0.948. The molecule has 0 aliphatic carbocycles. The van der Waals surface area contributed by atoms with Crippen molar-refractivity contribution in [2.24, 2.45) is 0 Å². The maximum atomic E-state index is 6.08. The minimum absolute atomic E-state index is 0.552. The molecular weight excluding hydrogens is 287 g/mol. The Bertz CT molecular complexity index is 198. The molecule has 96 valence electrons. The average molecular weight is 305 g/mol. The second kappa shape index (κ2) is 7.83. The van der Waals surface area contributed by atoms with Crippen LogP contribution in [0, 0.1) is 0 Å². The van der Waals surface area contributed by atoms with E-state index in [0.29, 0.717) is 12.1 Å². The van der Waals surface area contributed by atoms with E-state index in [9.17, 15) is 0 Å². The molecule has 0 bridgehead atoms. The number of allylic oxidation sites excluding steroid dienone is 2. The van der Waals surface area contributed by atoms with Crippen molar-refractivity contribution < 1.29 is 17.7 Å². The summed E-state index contributed by atoms with van der Waals surface area (Å²) in [5.41, 5.74) is 0. The van der Waals surface area contributed by atoms with Gasteiger partial charge in [-0.15, -0.1) is 0 Å². The number of halogens is 2. The third-order valence-corrected chi connectivity index (χ3v) is 8.77. The Morgan fingerprint density at radius 2 is 1.00 bits per heavy atom. The highest BCUT2D eigenvalue weighted by molar-refractivity contribution is 7.13. The van der Waals surface area contributed by atoms with Crippen molar-refractivity contribution in [1.29, 1.82) is 0 Å². The van der Waals surface area contributed by atoms with Gasteiger partial charge in [0.2, 0.25) is 0 Å². The first-order valence-electron chi connectivity index (χ1n) is 4.68. The predicted octanol–water partition coefficient (Wildman–Crippen LogP) is 2.48. The normalized spacial score (nSPS) is 13.6. The summed E-state index contributed by atoms with van der Waals surface area (Å²) in [6, 6.07) is 1.10. The lowest BCUT2D eigenvalue weighted by Crippen LogP contribution is -2.33. The molecule has 0 spiro atoms. The molecule has 8 heteroatoms. The molecule has 0 saturated carbocycles. The summed E-state index contributed by atoms with van der Waals surface area (Å²) in [4.78, 5) is 0. The van der Waals surface area contributed by atoms with Gasteiger partial charge in [-0.3, -0.25) is 0 Å². The molecule has 0 aromatic heterocycles. The van der Waals surface area contributed by atoms with Crippen molar-refractivity contribution in [3.05, 3.63) is 12.2 Å². The van der Waals surface area contributed by atoms with E-state index >= 15 is 0 Å². The largest absolute Gasteiger partial charge is 0.446 e. The van der Waals surface area contributed by atoms with Crippen molar-refractivity contribution in [2.75, 3.05) is 28.4 Å². The molecule has 0 aliphatic rings. The van der Waals surface area contributed by atoms with Gasteiger partial charge < -0.3 is 17.7 Å². The van der Waals surface area contributed by atoms with Gasteiger partial charge in [0.25, 0.3) is 0 Å². The Morgan fingerprint density at radius 1 is 0.750 bits per heavy atom. The number of rotatable bonds is 8. The molecule has 0 fully saturated rings. The molecular formula is C8H18Cl2O4Si2. The van der Waals surface area contributed by atoms with Crippen LogP contribution in [0.3, 0.4) is 0 Å². The molecule has 0 aromatic rings. The summed E-state index contributed by atoms with van der Waals surface area (Å²) < 4.78 is 20.5. The van der Waals surface area contributed by atoms with Crippen molar-refractivity contribution >= 4 is 37.9 Å². The molecule has 0 rings (SSSR count). The van der Waals surface area contributed by atoms with Gasteiger partial charge >= 0.3 is 15.7 Å². The third-order valence-electron chi connectivity index (χ3n) is 2.11. The van der Waals surface area contributed by atoms with Crippen LogP contribution in [0.2, 0.25) is 12.1 Å². The molecule has 0 aromatic carbocycles. The van der Waals surface area contributed by atoms with Gasteiger partial charge in [-0.05, 0) is 0 Å². The highest BCUT2D eigenvalue weighted by Crippen LogP contribution is 2.20. The van der Waals surface area contributed by atoms with Crippen LogP contribution in [0.25, 0.3) is 0 Å². The van der Waals surface area contributed by atoms with Crippen LogP contribution in [-0.2, 0) is 17.7 Å². The van der Waals surface area contributed by atoms with E-state index in [4.69, 9.17) is 39.9 Å². The van der Waals surface area contributed by atoms with E-state index in [1.807, 2.05) is 12.2 Å². The van der Waals surface area contributed by atoms with Gasteiger partial charge in [0, 0.05) is 40.5 Å². The van der Waals surface area contributed by atoms with Crippen molar-refractivity contribution in [3.63, 3.8) is 0 Å². The SMILES string of the molecule is CO[Si](Cl)(CC=CC[Si](Cl)(OC)OC)OC. The first kappa shape index (κ1) is 16.6. The first-order valence-corrected chi connectivity index (χ1v) is 10.8. The summed E-state index contributed by atoms with van der Waals surface area (Å²) >= 11 is 12.2. The predicted molar refractivity (Wildman–Crippen MR) is 70.0 cm³/mol. The van der Waals surface area contributed by atoms with Gasteiger partial charge in [-0.2, -0.15) is 0 Å². The zero-order chi connectivity index (χ0) is 12.7. The molecule has 0 unspecified atom stereocenters. The van der Waals surface area contributed by atoms with Gasteiger partial charge in [0.05, 0.1) is 0 Å². The quantitative estimate of drug-likeness (QED) is 0.392. The smallest absolute Gasteiger partial charge is 0.386 e. The molecule has 0 radical (unpaired) electrons. The van der Waals surface area contributed by atoms with Crippen molar-refractivity contribution in [2.45, 2.75) is 12.1 Å². The molecule has 0 N–H and O–H groups in total. The monoisotopic (exact) mass is 304 g/mol. The maximum Gasteiger partial charge on any atom is 0.446 e. The van der Waals surface area contributed by atoms with Gasteiger partial charge in [-0.25, -0.2) is 0 Å². The third kappa shape index (κ3) is 5.78. The lowest BCUT2D eigenvalue weighted by molar-refractivity contribution is 0.268. The lowest BCUT2D eigenvalue weighted by atomic mass is 10.6. The summed E-state index contributed by atoms with van der Waals surface area (Å²) in [7, 11) is 1.10. The summed E-state index contributed by atoms with van der Waals surface area (Å²) in [5.74, 6) is 0. The van der Waals surface area contributed by atoms with E-state index in [-0.39, 0.29) is 0 Å². The Labute approximate surface area is 108 Å². The van der Waals surface area contributed by atoms with Crippen LogP contribution >= 0.6 is 22.2 Å². The maximum absolute atomic E-state index is 6.08. The van der Waals surface area contributed by atoms with Crippen LogP contribution in [-0.4, -0.2) is 44.2 Å². The highest BCUT2D eigenvalue weighted by atomic mass is 35.6. The average Bonchev–Trinajstić information content (AvgIpc) is 2.34. The molecule has 4 nitrogen and oxygen atoms in total. The molecule has 0 aliphatic heterocycles. The second-order valence-electron chi connectivity index (χ2n) is 3.02. The minimum atomic E-state index is -2.54. The molecule has 0 saturated heterocycles. The van der Waals surface area contributed by atoms with Crippen LogP contribution in [0.4, 0.5) is 0 Å².